The lowest BCUT2D eigenvalue weighted by Crippen LogP contribution is -2.00. The average molecular weight is 227 g/mol. The lowest BCUT2D eigenvalue weighted by Gasteiger charge is -2.08. The molecule has 0 aliphatic heterocycles. The highest BCUT2D eigenvalue weighted by atomic mass is 15.0. The smallest absolute Gasteiger partial charge is 0.150 e. The van der Waals surface area contributed by atoms with E-state index in [2.05, 4.69) is 28.8 Å². The summed E-state index contributed by atoms with van der Waals surface area (Å²) < 4.78 is 1.95. The lowest BCUT2D eigenvalue weighted by molar-refractivity contribution is 0.824. The van der Waals surface area contributed by atoms with Gasteiger partial charge in [-0.25, -0.2) is 9.97 Å². The van der Waals surface area contributed by atoms with Crippen molar-refractivity contribution in [2.45, 2.75) is 19.8 Å². The fraction of sp³-hybridized carbons (Fsp3) is 0.250. The quantitative estimate of drug-likeness (QED) is 0.690. The zero-order valence-corrected chi connectivity index (χ0v) is 9.75. The number of anilines is 1. The number of rotatable bonds is 1. The van der Waals surface area contributed by atoms with E-state index in [-0.39, 0.29) is 0 Å². The summed E-state index contributed by atoms with van der Waals surface area (Å²) in [7, 11) is 0. The second-order valence-electron chi connectivity index (χ2n) is 4.40. The Labute approximate surface area is 98.3 Å². The van der Waals surface area contributed by atoms with Gasteiger partial charge in [0.2, 0.25) is 0 Å². The molecule has 0 saturated heterocycles. The number of aromatic nitrogens is 4. The minimum atomic E-state index is 0.385. The molecule has 0 atom stereocenters. The third-order valence-corrected chi connectivity index (χ3v) is 2.88. The molecule has 0 aliphatic carbocycles. The van der Waals surface area contributed by atoms with Crippen molar-refractivity contribution in [2.75, 3.05) is 5.73 Å². The van der Waals surface area contributed by atoms with Crippen molar-refractivity contribution >= 4 is 22.4 Å². The van der Waals surface area contributed by atoms with Crippen LogP contribution in [-0.4, -0.2) is 19.4 Å². The topological polar surface area (TPSA) is 69.1 Å². The first kappa shape index (κ1) is 10.0. The van der Waals surface area contributed by atoms with E-state index in [9.17, 15) is 0 Å². The molecule has 0 unspecified atom stereocenters. The molecule has 0 aliphatic rings. The monoisotopic (exact) mass is 227 g/mol. The van der Waals surface area contributed by atoms with Crippen molar-refractivity contribution < 1.29 is 0 Å². The van der Waals surface area contributed by atoms with Crippen molar-refractivity contribution in [3.63, 3.8) is 0 Å². The van der Waals surface area contributed by atoms with Crippen LogP contribution in [0, 0.1) is 0 Å². The number of imidazole rings is 1. The van der Waals surface area contributed by atoms with Crippen LogP contribution in [0.3, 0.4) is 0 Å². The van der Waals surface area contributed by atoms with E-state index in [1.54, 1.807) is 18.7 Å². The predicted molar refractivity (Wildman–Crippen MR) is 66.8 cm³/mol. The summed E-state index contributed by atoms with van der Waals surface area (Å²) in [6, 6.07) is 2.04. The lowest BCUT2D eigenvalue weighted by atomic mass is 10.1. The Balaban J connectivity index is 2.44. The highest BCUT2D eigenvalue weighted by Gasteiger charge is 2.09. The summed E-state index contributed by atoms with van der Waals surface area (Å²) >= 11 is 0. The van der Waals surface area contributed by atoms with E-state index in [4.69, 9.17) is 5.73 Å². The van der Waals surface area contributed by atoms with Gasteiger partial charge in [0.05, 0.1) is 24.2 Å². The van der Waals surface area contributed by atoms with E-state index in [1.807, 2.05) is 10.5 Å². The molecule has 5 heteroatoms. The molecule has 0 fully saturated rings. The first-order chi connectivity index (χ1) is 8.16. The van der Waals surface area contributed by atoms with Crippen LogP contribution in [0.15, 0.2) is 24.8 Å². The molecular formula is C12H13N5. The van der Waals surface area contributed by atoms with Gasteiger partial charge in [-0.2, -0.15) is 0 Å². The summed E-state index contributed by atoms with van der Waals surface area (Å²) in [5.41, 5.74) is 9.52. The van der Waals surface area contributed by atoms with Crippen LogP contribution in [0.2, 0.25) is 0 Å². The van der Waals surface area contributed by atoms with Crippen molar-refractivity contribution in [2.24, 2.45) is 0 Å². The maximum absolute atomic E-state index is 5.86. The standard InChI is InChI=1S/C12H13N5/c1-7(2)8-3-10-9(4-15-8)16-12(13)11-5-14-6-17(10)11/h3-7H,1-2H3,(H2,13,16). The number of nitrogens with two attached hydrogens (primary N) is 1. The molecule has 0 aromatic carbocycles. The Morgan fingerprint density at radius 3 is 2.82 bits per heavy atom. The first-order valence-electron chi connectivity index (χ1n) is 5.54. The van der Waals surface area contributed by atoms with E-state index in [0.29, 0.717) is 11.7 Å². The van der Waals surface area contributed by atoms with E-state index in [1.165, 1.54) is 0 Å². The van der Waals surface area contributed by atoms with Crippen LogP contribution in [0.5, 0.6) is 0 Å². The zero-order chi connectivity index (χ0) is 12.0. The molecule has 3 rings (SSSR count). The highest BCUT2D eigenvalue weighted by Crippen LogP contribution is 2.21. The number of nitrogens with zero attached hydrogens (tertiary/aromatic N) is 4. The molecule has 0 bridgehead atoms. The molecule has 0 saturated carbocycles. The Bertz CT molecular complexity index is 699. The summed E-state index contributed by atoms with van der Waals surface area (Å²) in [6.07, 6.45) is 5.23. The highest BCUT2D eigenvalue weighted by molar-refractivity contribution is 5.82. The fourth-order valence-electron chi connectivity index (χ4n) is 1.91. The van der Waals surface area contributed by atoms with Crippen LogP contribution < -0.4 is 5.73 Å². The van der Waals surface area contributed by atoms with Crippen LogP contribution in [0.1, 0.15) is 25.5 Å². The van der Waals surface area contributed by atoms with Crippen molar-refractivity contribution in [3.8, 4) is 0 Å². The Kier molecular flexibility index (Phi) is 2.01. The molecule has 3 aromatic rings. The molecular weight excluding hydrogens is 214 g/mol. The third kappa shape index (κ3) is 1.43. The van der Waals surface area contributed by atoms with Gasteiger partial charge in [0, 0.05) is 5.69 Å². The second-order valence-corrected chi connectivity index (χ2v) is 4.40. The summed E-state index contributed by atoms with van der Waals surface area (Å²) in [6.45, 7) is 4.23. The first-order valence-corrected chi connectivity index (χ1v) is 5.54. The van der Waals surface area contributed by atoms with Gasteiger partial charge < -0.3 is 5.73 Å². The summed E-state index contributed by atoms with van der Waals surface area (Å²) in [5.74, 6) is 0.865. The molecule has 0 spiro atoms. The predicted octanol–water partition coefficient (Wildman–Crippen LogP) is 1.98. The maximum atomic E-state index is 5.86. The normalized spacial score (nSPS) is 11.7. The number of pyridine rings is 1. The zero-order valence-electron chi connectivity index (χ0n) is 9.75. The molecule has 17 heavy (non-hydrogen) atoms. The van der Waals surface area contributed by atoms with Gasteiger partial charge in [-0.3, -0.25) is 9.38 Å². The number of hydrogen-bond acceptors (Lipinski definition) is 4. The van der Waals surface area contributed by atoms with Crippen LogP contribution in [0.25, 0.3) is 16.6 Å². The van der Waals surface area contributed by atoms with Gasteiger partial charge in [-0.1, -0.05) is 13.8 Å². The largest absolute Gasteiger partial charge is 0.382 e. The molecule has 2 N–H and O–H groups in total. The molecule has 0 radical (unpaired) electrons. The molecule has 5 nitrogen and oxygen atoms in total. The number of hydrogen-bond donors (Lipinski definition) is 1. The Morgan fingerprint density at radius 1 is 1.24 bits per heavy atom. The number of fused-ring (bicyclic) bond motifs is 3. The molecule has 3 heterocycles. The fourth-order valence-corrected chi connectivity index (χ4v) is 1.91. The Morgan fingerprint density at radius 2 is 2.06 bits per heavy atom. The van der Waals surface area contributed by atoms with Crippen LogP contribution in [-0.2, 0) is 0 Å². The molecule has 3 aromatic heterocycles. The van der Waals surface area contributed by atoms with Crippen molar-refractivity contribution in [1.29, 1.82) is 0 Å². The number of nitrogen functional groups attached to an aromatic ring is 1. The van der Waals surface area contributed by atoms with Gasteiger partial charge in [0.1, 0.15) is 16.9 Å². The van der Waals surface area contributed by atoms with E-state index < -0.39 is 0 Å². The van der Waals surface area contributed by atoms with Crippen molar-refractivity contribution in [3.05, 3.63) is 30.5 Å². The van der Waals surface area contributed by atoms with Gasteiger partial charge in [0.25, 0.3) is 0 Å². The van der Waals surface area contributed by atoms with Crippen LogP contribution in [0.4, 0.5) is 5.82 Å². The molecule has 0 amide bonds. The minimum absolute atomic E-state index is 0.385. The third-order valence-electron chi connectivity index (χ3n) is 2.88. The van der Waals surface area contributed by atoms with E-state index >= 15 is 0 Å². The Hall–Kier alpha value is -2.17. The second kappa shape index (κ2) is 3.41. The van der Waals surface area contributed by atoms with E-state index in [0.717, 1.165) is 22.2 Å². The summed E-state index contributed by atoms with van der Waals surface area (Å²) in [5, 5.41) is 0. The maximum Gasteiger partial charge on any atom is 0.150 e. The summed E-state index contributed by atoms with van der Waals surface area (Å²) in [4.78, 5) is 12.8. The molecule has 86 valence electrons. The van der Waals surface area contributed by atoms with Gasteiger partial charge >= 0.3 is 0 Å². The van der Waals surface area contributed by atoms with Crippen molar-refractivity contribution in [1.82, 2.24) is 19.4 Å². The minimum Gasteiger partial charge on any atom is -0.382 e. The van der Waals surface area contributed by atoms with Gasteiger partial charge in [0.15, 0.2) is 0 Å². The van der Waals surface area contributed by atoms with Crippen LogP contribution >= 0.6 is 0 Å². The van der Waals surface area contributed by atoms with Gasteiger partial charge in [-0.05, 0) is 12.0 Å². The van der Waals surface area contributed by atoms with Gasteiger partial charge in [-0.15, -0.1) is 0 Å². The average Bonchev–Trinajstić information content (AvgIpc) is 2.78. The SMILES string of the molecule is CC(C)c1cc2c(cn1)nc(N)c1cncn12.